The van der Waals surface area contributed by atoms with Crippen molar-refractivity contribution in [1.29, 1.82) is 0 Å². The molecule has 0 atom stereocenters. The number of hydrogen-bond donors (Lipinski definition) is 2. The van der Waals surface area contributed by atoms with Crippen molar-refractivity contribution >= 4 is 40.2 Å². The van der Waals surface area contributed by atoms with Gasteiger partial charge in [-0.15, -0.1) is 0 Å². The molecule has 0 aliphatic carbocycles. The average molecular weight is 380 g/mol. The first-order valence-electron chi connectivity index (χ1n) is 8.74. The summed E-state index contributed by atoms with van der Waals surface area (Å²) >= 11 is 1.59. The quantitative estimate of drug-likeness (QED) is 0.827. The van der Waals surface area contributed by atoms with Crippen molar-refractivity contribution in [3.8, 4) is 0 Å². The van der Waals surface area contributed by atoms with E-state index in [1.54, 1.807) is 11.8 Å². The Morgan fingerprint density at radius 3 is 2.78 bits per heavy atom. The van der Waals surface area contributed by atoms with Crippen LogP contribution in [0.25, 0.3) is 0 Å². The van der Waals surface area contributed by atoms with Crippen LogP contribution in [-0.4, -0.2) is 39.0 Å². The van der Waals surface area contributed by atoms with Crippen LogP contribution in [0.3, 0.4) is 0 Å². The summed E-state index contributed by atoms with van der Waals surface area (Å²) < 4.78 is 0. The summed E-state index contributed by atoms with van der Waals surface area (Å²) in [5, 5.41) is 9.16. The number of rotatable bonds is 5. The SMILES string of the molecule is Cc1cc(C)nc(Nc2cccc(NC(=O)CC3=CSC4=NCCN34)c2)n1. The van der Waals surface area contributed by atoms with Crippen LogP contribution in [0, 0.1) is 13.8 Å². The van der Waals surface area contributed by atoms with Gasteiger partial charge in [0.25, 0.3) is 0 Å². The number of nitrogens with zero attached hydrogens (tertiary/aromatic N) is 4. The second-order valence-electron chi connectivity index (χ2n) is 6.45. The van der Waals surface area contributed by atoms with Crippen LogP contribution >= 0.6 is 11.8 Å². The number of anilines is 3. The molecular formula is C19H20N6OS. The van der Waals surface area contributed by atoms with E-state index in [0.717, 1.165) is 46.7 Å². The normalized spacial score (nSPS) is 15.3. The maximum Gasteiger partial charge on any atom is 0.230 e. The molecule has 1 aromatic carbocycles. The van der Waals surface area contributed by atoms with Gasteiger partial charge in [-0.3, -0.25) is 9.79 Å². The highest BCUT2D eigenvalue weighted by molar-refractivity contribution is 8.16. The predicted molar refractivity (Wildman–Crippen MR) is 109 cm³/mol. The number of aromatic nitrogens is 2. The highest BCUT2D eigenvalue weighted by atomic mass is 32.2. The minimum absolute atomic E-state index is 0.0465. The van der Waals surface area contributed by atoms with Gasteiger partial charge in [-0.25, -0.2) is 9.97 Å². The molecule has 138 valence electrons. The third-order valence-electron chi connectivity index (χ3n) is 4.18. The summed E-state index contributed by atoms with van der Waals surface area (Å²) in [7, 11) is 0. The average Bonchev–Trinajstić information content (AvgIpc) is 3.19. The molecule has 27 heavy (non-hydrogen) atoms. The molecule has 0 saturated heterocycles. The summed E-state index contributed by atoms with van der Waals surface area (Å²) in [5.74, 6) is 0.500. The van der Waals surface area contributed by atoms with Gasteiger partial charge in [0.1, 0.15) is 0 Å². The van der Waals surface area contributed by atoms with Gasteiger partial charge in [0.05, 0.1) is 13.0 Å². The van der Waals surface area contributed by atoms with Gasteiger partial charge in [-0.1, -0.05) is 17.8 Å². The van der Waals surface area contributed by atoms with Gasteiger partial charge in [0.15, 0.2) is 5.17 Å². The number of carbonyl (C=O) groups is 1. The highest BCUT2D eigenvalue weighted by Crippen LogP contribution is 2.31. The Kier molecular flexibility index (Phi) is 4.81. The molecule has 0 spiro atoms. The van der Waals surface area contributed by atoms with Gasteiger partial charge in [0, 0.05) is 35.0 Å². The standard InChI is InChI=1S/C19H20N6OS/c1-12-8-13(2)22-18(21-12)24-15-5-3-4-14(9-15)23-17(26)10-16-11-27-19-20-6-7-25(16)19/h3-5,8-9,11H,6-7,10H2,1-2H3,(H,23,26)(H,21,22,24). The van der Waals surface area contributed by atoms with Crippen molar-refractivity contribution in [2.75, 3.05) is 23.7 Å². The molecule has 2 aliphatic heterocycles. The van der Waals surface area contributed by atoms with Crippen LogP contribution in [-0.2, 0) is 4.79 Å². The van der Waals surface area contributed by atoms with Crippen molar-refractivity contribution in [1.82, 2.24) is 14.9 Å². The number of benzene rings is 1. The molecule has 0 saturated carbocycles. The zero-order valence-electron chi connectivity index (χ0n) is 15.2. The fraction of sp³-hybridized carbons (Fsp3) is 0.263. The van der Waals surface area contributed by atoms with Gasteiger partial charge in [-0.2, -0.15) is 0 Å². The van der Waals surface area contributed by atoms with Crippen molar-refractivity contribution in [2.24, 2.45) is 4.99 Å². The summed E-state index contributed by atoms with van der Waals surface area (Å²) in [6.45, 7) is 5.53. The van der Waals surface area contributed by atoms with E-state index in [0.29, 0.717) is 12.4 Å². The van der Waals surface area contributed by atoms with E-state index in [2.05, 4.69) is 30.5 Å². The minimum Gasteiger partial charge on any atom is -0.326 e. The first-order valence-corrected chi connectivity index (χ1v) is 9.62. The highest BCUT2D eigenvalue weighted by Gasteiger charge is 2.27. The second-order valence-corrected chi connectivity index (χ2v) is 7.28. The van der Waals surface area contributed by atoms with E-state index in [-0.39, 0.29) is 5.91 Å². The van der Waals surface area contributed by atoms with Crippen molar-refractivity contribution in [2.45, 2.75) is 20.3 Å². The van der Waals surface area contributed by atoms with Gasteiger partial charge >= 0.3 is 0 Å². The Morgan fingerprint density at radius 2 is 1.96 bits per heavy atom. The number of thioether (sulfide) groups is 1. The van der Waals surface area contributed by atoms with E-state index in [9.17, 15) is 4.79 Å². The van der Waals surface area contributed by atoms with E-state index >= 15 is 0 Å². The molecule has 3 heterocycles. The summed E-state index contributed by atoms with van der Waals surface area (Å²) in [6, 6.07) is 9.47. The van der Waals surface area contributed by atoms with E-state index < -0.39 is 0 Å². The Morgan fingerprint density at radius 1 is 1.19 bits per heavy atom. The number of amides is 1. The molecule has 1 aromatic heterocycles. The van der Waals surface area contributed by atoms with E-state index in [1.807, 2.05) is 49.6 Å². The smallest absolute Gasteiger partial charge is 0.230 e. The van der Waals surface area contributed by atoms with E-state index in [4.69, 9.17) is 0 Å². The lowest BCUT2D eigenvalue weighted by atomic mass is 10.2. The fourth-order valence-corrected chi connectivity index (χ4v) is 4.02. The first kappa shape index (κ1) is 17.5. The molecule has 0 fully saturated rings. The molecule has 2 aromatic rings. The molecule has 4 rings (SSSR count). The Labute approximate surface area is 162 Å². The fourth-order valence-electron chi connectivity index (χ4n) is 3.07. The Bertz CT molecular complexity index is 935. The minimum atomic E-state index is -0.0465. The van der Waals surface area contributed by atoms with Crippen LogP contribution in [0.1, 0.15) is 17.8 Å². The lowest BCUT2D eigenvalue weighted by Crippen LogP contribution is -2.24. The maximum absolute atomic E-state index is 12.4. The molecular weight excluding hydrogens is 360 g/mol. The van der Waals surface area contributed by atoms with Crippen LogP contribution < -0.4 is 10.6 Å². The van der Waals surface area contributed by atoms with Gasteiger partial charge in [-0.05, 0) is 43.5 Å². The number of hydrogen-bond acceptors (Lipinski definition) is 7. The summed E-state index contributed by atoms with van der Waals surface area (Å²) in [5.41, 5.74) is 4.37. The number of nitrogens with one attached hydrogen (secondary N) is 2. The van der Waals surface area contributed by atoms with Crippen molar-refractivity contribution in [3.05, 3.63) is 52.8 Å². The maximum atomic E-state index is 12.4. The van der Waals surface area contributed by atoms with Gasteiger partial charge < -0.3 is 15.5 Å². The first-order chi connectivity index (χ1) is 13.1. The van der Waals surface area contributed by atoms with Gasteiger partial charge in [0.2, 0.25) is 11.9 Å². The second kappa shape index (κ2) is 7.40. The molecule has 0 bridgehead atoms. The lowest BCUT2D eigenvalue weighted by Gasteiger charge is -2.16. The number of fused-ring (bicyclic) bond motifs is 1. The lowest BCUT2D eigenvalue weighted by molar-refractivity contribution is -0.115. The van der Waals surface area contributed by atoms with Crippen molar-refractivity contribution in [3.63, 3.8) is 0 Å². The largest absolute Gasteiger partial charge is 0.326 e. The molecule has 2 N–H and O–H groups in total. The monoisotopic (exact) mass is 380 g/mol. The van der Waals surface area contributed by atoms with Crippen LogP contribution in [0.5, 0.6) is 0 Å². The third kappa shape index (κ3) is 4.11. The molecule has 8 heteroatoms. The molecule has 0 unspecified atom stereocenters. The van der Waals surface area contributed by atoms with Crippen molar-refractivity contribution < 1.29 is 4.79 Å². The zero-order chi connectivity index (χ0) is 18.8. The van der Waals surface area contributed by atoms with E-state index in [1.165, 1.54) is 0 Å². The summed E-state index contributed by atoms with van der Waals surface area (Å²) in [6.07, 6.45) is 0.337. The van der Waals surface area contributed by atoms with Crippen LogP contribution in [0.4, 0.5) is 17.3 Å². The number of aliphatic imine (C=N–C) groups is 1. The third-order valence-corrected chi connectivity index (χ3v) is 5.13. The molecule has 7 nitrogen and oxygen atoms in total. The number of carbonyl (C=O) groups excluding carboxylic acids is 1. The predicted octanol–water partition coefficient (Wildman–Crippen LogP) is 3.43. The van der Waals surface area contributed by atoms with Crippen LogP contribution in [0.15, 0.2) is 46.4 Å². The Balaban J connectivity index is 1.40. The number of amidine groups is 1. The molecule has 0 radical (unpaired) electrons. The molecule has 1 amide bonds. The molecule has 2 aliphatic rings. The Hall–Kier alpha value is -2.87. The number of aryl methyl sites for hydroxylation is 2. The van der Waals surface area contributed by atoms with Crippen LogP contribution in [0.2, 0.25) is 0 Å². The topological polar surface area (TPSA) is 82.5 Å². The zero-order valence-corrected chi connectivity index (χ0v) is 16.0. The summed E-state index contributed by atoms with van der Waals surface area (Å²) in [4.78, 5) is 27.7.